The molecular formula is C11H23NO2. The lowest BCUT2D eigenvalue weighted by Crippen LogP contribution is -2.45. The first-order valence-electron chi connectivity index (χ1n) is 5.50. The number of ether oxygens (including phenoxy) is 1. The molecule has 0 bridgehead atoms. The van der Waals surface area contributed by atoms with Crippen LogP contribution in [0.25, 0.3) is 0 Å². The minimum absolute atomic E-state index is 0.281. The van der Waals surface area contributed by atoms with Gasteiger partial charge in [0.2, 0.25) is 0 Å². The fraction of sp³-hybridized carbons (Fsp3) is 0.909. The standard InChI is InChI=1S/C11H23NO2/c1-4-6-7-8-9-14-10(13)11(3,12)5-2/h4-9,12H2,1-3H3/t11-/m0/s1. The van der Waals surface area contributed by atoms with Gasteiger partial charge in [-0.2, -0.15) is 0 Å². The van der Waals surface area contributed by atoms with E-state index in [4.69, 9.17) is 10.5 Å². The van der Waals surface area contributed by atoms with Crippen molar-refractivity contribution in [3.05, 3.63) is 0 Å². The topological polar surface area (TPSA) is 52.3 Å². The van der Waals surface area contributed by atoms with Crippen LogP contribution in [0.4, 0.5) is 0 Å². The molecule has 0 spiro atoms. The van der Waals surface area contributed by atoms with Crippen molar-refractivity contribution in [2.24, 2.45) is 5.73 Å². The molecule has 0 fully saturated rings. The van der Waals surface area contributed by atoms with Gasteiger partial charge in [-0.25, -0.2) is 0 Å². The highest BCUT2D eigenvalue weighted by Gasteiger charge is 2.27. The van der Waals surface area contributed by atoms with E-state index in [0.717, 1.165) is 12.8 Å². The van der Waals surface area contributed by atoms with Crippen molar-refractivity contribution >= 4 is 5.97 Å². The first-order chi connectivity index (χ1) is 6.54. The number of hydrogen-bond donors (Lipinski definition) is 1. The van der Waals surface area contributed by atoms with E-state index in [-0.39, 0.29) is 5.97 Å². The van der Waals surface area contributed by atoms with Crippen LogP contribution in [0.1, 0.15) is 52.9 Å². The van der Waals surface area contributed by atoms with Crippen LogP contribution in [-0.2, 0) is 9.53 Å². The van der Waals surface area contributed by atoms with Crippen molar-refractivity contribution in [2.75, 3.05) is 6.61 Å². The lowest BCUT2D eigenvalue weighted by atomic mass is 10.0. The van der Waals surface area contributed by atoms with Gasteiger partial charge in [0.1, 0.15) is 5.54 Å². The van der Waals surface area contributed by atoms with E-state index in [1.165, 1.54) is 12.8 Å². The Hall–Kier alpha value is -0.570. The van der Waals surface area contributed by atoms with Crippen LogP contribution in [-0.4, -0.2) is 18.1 Å². The van der Waals surface area contributed by atoms with Crippen molar-refractivity contribution < 1.29 is 9.53 Å². The average Bonchev–Trinajstić information content (AvgIpc) is 2.17. The Morgan fingerprint density at radius 1 is 1.29 bits per heavy atom. The second-order valence-electron chi connectivity index (χ2n) is 3.97. The molecule has 0 saturated heterocycles. The molecule has 0 heterocycles. The van der Waals surface area contributed by atoms with E-state index in [0.29, 0.717) is 13.0 Å². The smallest absolute Gasteiger partial charge is 0.325 e. The molecule has 3 nitrogen and oxygen atoms in total. The third-order valence-corrected chi connectivity index (χ3v) is 2.43. The van der Waals surface area contributed by atoms with Crippen molar-refractivity contribution in [1.82, 2.24) is 0 Å². The van der Waals surface area contributed by atoms with Gasteiger partial charge >= 0.3 is 5.97 Å². The Balaban J connectivity index is 3.54. The zero-order valence-electron chi connectivity index (χ0n) is 9.64. The van der Waals surface area contributed by atoms with Gasteiger partial charge in [-0.05, 0) is 19.8 Å². The van der Waals surface area contributed by atoms with E-state index in [1.807, 2.05) is 6.92 Å². The maximum absolute atomic E-state index is 11.4. The number of esters is 1. The van der Waals surface area contributed by atoms with Gasteiger partial charge in [-0.1, -0.05) is 33.1 Å². The van der Waals surface area contributed by atoms with Gasteiger partial charge in [0.25, 0.3) is 0 Å². The van der Waals surface area contributed by atoms with Gasteiger partial charge in [0, 0.05) is 0 Å². The molecule has 3 heteroatoms. The van der Waals surface area contributed by atoms with Gasteiger partial charge in [0.05, 0.1) is 6.61 Å². The highest BCUT2D eigenvalue weighted by atomic mass is 16.5. The molecular weight excluding hydrogens is 178 g/mol. The predicted octanol–water partition coefficient (Wildman–Crippen LogP) is 2.24. The number of nitrogens with two attached hydrogens (primary N) is 1. The zero-order valence-corrected chi connectivity index (χ0v) is 9.64. The molecule has 0 saturated carbocycles. The summed E-state index contributed by atoms with van der Waals surface area (Å²) in [5.74, 6) is -0.281. The van der Waals surface area contributed by atoms with Crippen LogP contribution in [0.15, 0.2) is 0 Å². The maximum atomic E-state index is 11.4. The van der Waals surface area contributed by atoms with Crippen LogP contribution < -0.4 is 5.73 Å². The Bertz CT molecular complexity index is 167. The second kappa shape index (κ2) is 6.82. The molecule has 84 valence electrons. The SMILES string of the molecule is CCCCCCOC(=O)[C@@](C)(N)CC. The fourth-order valence-corrected chi connectivity index (χ4v) is 1.00. The summed E-state index contributed by atoms with van der Waals surface area (Å²) < 4.78 is 5.08. The molecule has 0 amide bonds. The number of carbonyl (C=O) groups excluding carboxylic acids is 1. The van der Waals surface area contributed by atoms with E-state index in [9.17, 15) is 4.79 Å². The summed E-state index contributed by atoms with van der Waals surface area (Å²) in [6, 6.07) is 0. The maximum Gasteiger partial charge on any atom is 0.325 e. The quantitative estimate of drug-likeness (QED) is 0.507. The average molecular weight is 201 g/mol. The molecule has 0 aliphatic carbocycles. The molecule has 0 aromatic carbocycles. The van der Waals surface area contributed by atoms with Gasteiger partial charge in [0.15, 0.2) is 0 Å². The predicted molar refractivity (Wildman–Crippen MR) is 58.0 cm³/mol. The summed E-state index contributed by atoms with van der Waals surface area (Å²) in [7, 11) is 0. The molecule has 1 atom stereocenters. The summed E-state index contributed by atoms with van der Waals surface area (Å²) in [4.78, 5) is 11.4. The summed E-state index contributed by atoms with van der Waals surface area (Å²) in [5.41, 5.74) is 4.91. The summed E-state index contributed by atoms with van der Waals surface area (Å²) in [6.45, 7) is 6.26. The molecule has 0 rings (SSSR count). The summed E-state index contributed by atoms with van der Waals surface area (Å²) in [5, 5.41) is 0. The number of unbranched alkanes of at least 4 members (excludes halogenated alkanes) is 3. The summed E-state index contributed by atoms with van der Waals surface area (Å²) >= 11 is 0. The fourth-order valence-electron chi connectivity index (χ4n) is 1.00. The molecule has 0 radical (unpaired) electrons. The molecule has 0 unspecified atom stereocenters. The van der Waals surface area contributed by atoms with E-state index >= 15 is 0 Å². The van der Waals surface area contributed by atoms with Crippen molar-refractivity contribution in [1.29, 1.82) is 0 Å². The normalized spacial score (nSPS) is 14.9. The number of rotatable bonds is 7. The third kappa shape index (κ3) is 5.22. The van der Waals surface area contributed by atoms with Gasteiger partial charge < -0.3 is 10.5 Å². The van der Waals surface area contributed by atoms with Crippen LogP contribution >= 0.6 is 0 Å². The Labute approximate surface area is 87.0 Å². The van der Waals surface area contributed by atoms with E-state index in [1.54, 1.807) is 6.92 Å². The first kappa shape index (κ1) is 13.4. The van der Waals surface area contributed by atoms with E-state index < -0.39 is 5.54 Å². The van der Waals surface area contributed by atoms with Crippen molar-refractivity contribution in [2.45, 2.75) is 58.4 Å². The van der Waals surface area contributed by atoms with Crippen LogP contribution in [0.2, 0.25) is 0 Å². The molecule has 14 heavy (non-hydrogen) atoms. The molecule has 0 aromatic heterocycles. The van der Waals surface area contributed by atoms with Gasteiger partial charge in [-0.15, -0.1) is 0 Å². The molecule has 0 aliphatic rings. The van der Waals surface area contributed by atoms with Crippen LogP contribution in [0.5, 0.6) is 0 Å². The lowest BCUT2D eigenvalue weighted by molar-refractivity contribution is -0.149. The minimum atomic E-state index is -0.815. The first-order valence-corrected chi connectivity index (χ1v) is 5.50. The highest BCUT2D eigenvalue weighted by Crippen LogP contribution is 2.08. The van der Waals surface area contributed by atoms with Crippen LogP contribution in [0, 0.1) is 0 Å². The molecule has 0 aromatic rings. The minimum Gasteiger partial charge on any atom is -0.464 e. The summed E-state index contributed by atoms with van der Waals surface area (Å²) in [6.07, 6.45) is 5.07. The monoisotopic (exact) mass is 201 g/mol. The molecule has 2 N–H and O–H groups in total. The van der Waals surface area contributed by atoms with Crippen molar-refractivity contribution in [3.63, 3.8) is 0 Å². The third-order valence-electron chi connectivity index (χ3n) is 2.43. The van der Waals surface area contributed by atoms with Crippen molar-refractivity contribution in [3.8, 4) is 0 Å². The van der Waals surface area contributed by atoms with Crippen LogP contribution in [0.3, 0.4) is 0 Å². The lowest BCUT2D eigenvalue weighted by Gasteiger charge is -2.20. The highest BCUT2D eigenvalue weighted by molar-refractivity contribution is 5.79. The second-order valence-corrected chi connectivity index (χ2v) is 3.97. The number of carbonyl (C=O) groups is 1. The zero-order chi connectivity index (χ0) is 11.0. The molecule has 0 aliphatic heterocycles. The Morgan fingerprint density at radius 2 is 1.93 bits per heavy atom. The Morgan fingerprint density at radius 3 is 2.43 bits per heavy atom. The van der Waals surface area contributed by atoms with Gasteiger partial charge in [-0.3, -0.25) is 4.79 Å². The number of hydrogen-bond acceptors (Lipinski definition) is 3. The largest absolute Gasteiger partial charge is 0.464 e. The van der Waals surface area contributed by atoms with E-state index in [2.05, 4.69) is 6.92 Å². The Kier molecular flexibility index (Phi) is 6.54.